The molecule has 0 fully saturated rings. The van der Waals surface area contributed by atoms with Gasteiger partial charge in [-0.3, -0.25) is 4.79 Å². The van der Waals surface area contributed by atoms with E-state index in [-0.39, 0.29) is 18.0 Å². The average Bonchev–Trinajstić information content (AvgIpc) is 2.47. The van der Waals surface area contributed by atoms with E-state index in [0.29, 0.717) is 25.3 Å². The van der Waals surface area contributed by atoms with Gasteiger partial charge in [-0.15, -0.1) is 0 Å². The lowest BCUT2D eigenvalue weighted by Crippen LogP contribution is -2.35. The second-order valence-corrected chi connectivity index (χ2v) is 4.25. The highest BCUT2D eigenvalue weighted by molar-refractivity contribution is 5.89. The van der Waals surface area contributed by atoms with E-state index in [1.165, 1.54) is 19.2 Å². The van der Waals surface area contributed by atoms with Gasteiger partial charge in [0.15, 0.2) is 0 Å². The number of amides is 1. The number of carbonyl (C=O) groups excluding carboxylic acids is 2. The molecule has 2 N–H and O–H groups in total. The van der Waals surface area contributed by atoms with Crippen LogP contribution in [0.25, 0.3) is 0 Å². The fraction of sp³-hybridized carbons (Fsp3) is 0.429. The molecule has 0 heterocycles. The summed E-state index contributed by atoms with van der Waals surface area (Å²) in [6.07, 6.45) is 0. The maximum Gasteiger partial charge on any atom is 0.340 e. The lowest BCUT2D eigenvalue weighted by Gasteiger charge is -2.07. The van der Waals surface area contributed by atoms with Crippen molar-refractivity contribution in [1.82, 2.24) is 10.6 Å². The third-order valence-electron chi connectivity index (χ3n) is 2.68. The quantitative estimate of drug-likeness (QED) is 0.539. The Morgan fingerprint density at radius 1 is 1.29 bits per heavy atom. The summed E-state index contributed by atoms with van der Waals surface area (Å²) in [6, 6.07) is 4.20. The predicted octanol–water partition coefficient (Wildman–Crippen LogP) is 0.464. The Morgan fingerprint density at radius 2 is 2.05 bits per heavy atom. The third-order valence-corrected chi connectivity index (χ3v) is 2.68. The smallest absolute Gasteiger partial charge is 0.340 e. The van der Waals surface area contributed by atoms with Gasteiger partial charge in [0.1, 0.15) is 5.82 Å². The van der Waals surface area contributed by atoms with Crippen LogP contribution in [0.3, 0.4) is 0 Å². The summed E-state index contributed by atoms with van der Waals surface area (Å²) in [5, 5.41) is 5.53. The molecule has 0 saturated carbocycles. The van der Waals surface area contributed by atoms with Crippen molar-refractivity contribution in [2.45, 2.75) is 6.54 Å². The third kappa shape index (κ3) is 5.88. The summed E-state index contributed by atoms with van der Waals surface area (Å²) >= 11 is 0. The summed E-state index contributed by atoms with van der Waals surface area (Å²) in [5.41, 5.74) is 0.517. The Kier molecular flexibility index (Phi) is 7.34. The van der Waals surface area contributed by atoms with Crippen LogP contribution >= 0.6 is 0 Å². The van der Waals surface area contributed by atoms with E-state index in [9.17, 15) is 14.0 Å². The maximum absolute atomic E-state index is 13.7. The van der Waals surface area contributed by atoms with Gasteiger partial charge in [0.25, 0.3) is 0 Å². The zero-order valence-corrected chi connectivity index (χ0v) is 12.1. The maximum atomic E-state index is 13.7. The summed E-state index contributed by atoms with van der Waals surface area (Å²) in [4.78, 5) is 22.6. The van der Waals surface area contributed by atoms with Gasteiger partial charge in [-0.1, -0.05) is 6.07 Å². The first-order chi connectivity index (χ1) is 10.1. The number of carbonyl (C=O) groups is 2. The molecule has 7 heteroatoms. The highest BCUT2D eigenvalue weighted by Gasteiger charge is 2.12. The fourth-order valence-corrected chi connectivity index (χ4v) is 1.62. The van der Waals surface area contributed by atoms with Gasteiger partial charge >= 0.3 is 5.97 Å². The number of halogens is 1. The Labute approximate surface area is 122 Å². The first-order valence-corrected chi connectivity index (χ1v) is 6.41. The predicted molar refractivity (Wildman–Crippen MR) is 74.3 cm³/mol. The van der Waals surface area contributed by atoms with Crippen molar-refractivity contribution in [2.24, 2.45) is 0 Å². The van der Waals surface area contributed by atoms with Crippen molar-refractivity contribution >= 4 is 11.9 Å². The molecule has 0 bridgehead atoms. The molecule has 6 nitrogen and oxygen atoms in total. The van der Waals surface area contributed by atoms with E-state index in [1.54, 1.807) is 13.2 Å². The van der Waals surface area contributed by atoms with Crippen molar-refractivity contribution < 1.29 is 23.5 Å². The highest BCUT2D eigenvalue weighted by Crippen LogP contribution is 2.11. The van der Waals surface area contributed by atoms with E-state index >= 15 is 0 Å². The van der Waals surface area contributed by atoms with Gasteiger partial charge in [-0.05, 0) is 17.7 Å². The second-order valence-electron chi connectivity index (χ2n) is 4.25. The molecule has 0 aromatic heterocycles. The van der Waals surface area contributed by atoms with E-state index in [2.05, 4.69) is 15.4 Å². The van der Waals surface area contributed by atoms with Gasteiger partial charge in [0, 0.05) is 20.2 Å². The van der Waals surface area contributed by atoms with Crippen LogP contribution in [-0.2, 0) is 20.8 Å². The van der Waals surface area contributed by atoms with Crippen LogP contribution in [-0.4, -0.2) is 45.8 Å². The Bertz CT molecular complexity index is 494. The Hall–Kier alpha value is -1.99. The average molecular weight is 298 g/mol. The molecule has 1 rings (SSSR count). The monoisotopic (exact) mass is 298 g/mol. The zero-order chi connectivity index (χ0) is 15.7. The molecule has 1 aromatic carbocycles. The number of hydrogen-bond acceptors (Lipinski definition) is 5. The van der Waals surface area contributed by atoms with Crippen LogP contribution in [0.5, 0.6) is 0 Å². The van der Waals surface area contributed by atoms with Gasteiger partial charge in [0.2, 0.25) is 5.91 Å². The number of esters is 1. The highest BCUT2D eigenvalue weighted by atomic mass is 19.1. The zero-order valence-electron chi connectivity index (χ0n) is 12.1. The molecule has 1 amide bonds. The molecule has 0 saturated heterocycles. The summed E-state index contributed by atoms with van der Waals surface area (Å²) in [5.74, 6) is -1.53. The first kappa shape index (κ1) is 17.1. The van der Waals surface area contributed by atoms with Crippen molar-refractivity contribution in [2.75, 3.05) is 33.9 Å². The van der Waals surface area contributed by atoms with Gasteiger partial charge in [0.05, 0.1) is 25.8 Å². The largest absolute Gasteiger partial charge is 0.465 e. The van der Waals surface area contributed by atoms with E-state index in [1.807, 2.05) is 0 Å². The van der Waals surface area contributed by atoms with E-state index < -0.39 is 11.8 Å². The lowest BCUT2D eigenvalue weighted by atomic mass is 10.1. The van der Waals surface area contributed by atoms with Crippen LogP contribution in [0.4, 0.5) is 4.39 Å². The minimum atomic E-state index is -0.718. The van der Waals surface area contributed by atoms with Crippen molar-refractivity contribution in [1.29, 1.82) is 0 Å². The van der Waals surface area contributed by atoms with Gasteiger partial charge in [-0.25, -0.2) is 9.18 Å². The number of nitrogens with one attached hydrogen (secondary N) is 2. The molecule has 0 atom stereocenters. The molecule has 1 aromatic rings. The van der Waals surface area contributed by atoms with E-state index in [4.69, 9.17) is 4.74 Å². The number of hydrogen-bond donors (Lipinski definition) is 2. The molecule has 21 heavy (non-hydrogen) atoms. The number of benzene rings is 1. The first-order valence-electron chi connectivity index (χ1n) is 6.41. The van der Waals surface area contributed by atoms with Gasteiger partial charge < -0.3 is 20.1 Å². The van der Waals surface area contributed by atoms with Crippen LogP contribution in [0.2, 0.25) is 0 Å². The van der Waals surface area contributed by atoms with Crippen LogP contribution < -0.4 is 10.6 Å². The molecular weight excluding hydrogens is 279 g/mol. The molecule has 0 aliphatic rings. The number of rotatable bonds is 8. The summed E-state index contributed by atoms with van der Waals surface area (Å²) < 4.78 is 22.9. The molecule has 0 radical (unpaired) electrons. The molecule has 0 unspecified atom stereocenters. The number of ether oxygens (including phenoxy) is 2. The molecule has 0 aliphatic heterocycles. The Balaban J connectivity index is 2.41. The SMILES string of the molecule is COCCNC(=O)CNCc1ccc(C(=O)OC)c(F)c1. The van der Waals surface area contributed by atoms with Gasteiger partial charge in [-0.2, -0.15) is 0 Å². The standard InChI is InChI=1S/C14H19FN2O4/c1-20-6-5-17-13(18)9-16-8-10-3-4-11(12(15)7-10)14(19)21-2/h3-4,7,16H,5-6,8-9H2,1-2H3,(H,17,18). The van der Waals surface area contributed by atoms with Crippen molar-refractivity contribution in [3.8, 4) is 0 Å². The van der Waals surface area contributed by atoms with Crippen LogP contribution in [0, 0.1) is 5.82 Å². The molecule has 116 valence electrons. The van der Waals surface area contributed by atoms with Crippen molar-refractivity contribution in [3.63, 3.8) is 0 Å². The molecule has 0 aliphatic carbocycles. The summed E-state index contributed by atoms with van der Waals surface area (Å²) in [7, 11) is 2.75. The fourth-order valence-electron chi connectivity index (χ4n) is 1.62. The lowest BCUT2D eigenvalue weighted by molar-refractivity contribution is -0.120. The molecule has 0 spiro atoms. The topological polar surface area (TPSA) is 76.7 Å². The molecular formula is C14H19FN2O4. The minimum Gasteiger partial charge on any atom is -0.465 e. The summed E-state index contributed by atoms with van der Waals surface area (Å²) in [6.45, 7) is 1.32. The van der Waals surface area contributed by atoms with Crippen LogP contribution in [0.15, 0.2) is 18.2 Å². The minimum absolute atomic E-state index is 0.112. The van der Waals surface area contributed by atoms with Crippen molar-refractivity contribution in [3.05, 3.63) is 35.1 Å². The Morgan fingerprint density at radius 3 is 2.67 bits per heavy atom. The van der Waals surface area contributed by atoms with E-state index in [0.717, 1.165) is 0 Å². The second kappa shape index (κ2) is 9.04. The normalized spacial score (nSPS) is 10.2. The number of methoxy groups -OCH3 is 2. The van der Waals surface area contributed by atoms with Crippen LogP contribution in [0.1, 0.15) is 15.9 Å².